The molecule has 0 saturated carbocycles. The predicted octanol–water partition coefficient (Wildman–Crippen LogP) is 2.97. The van der Waals surface area contributed by atoms with Crippen LogP contribution in [0.1, 0.15) is 0 Å². The molecule has 0 aliphatic rings. The van der Waals surface area contributed by atoms with Crippen molar-refractivity contribution in [1.82, 2.24) is 9.97 Å². The second-order valence-corrected chi connectivity index (χ2v) is 4.73. The summed E-state index contributed by atoms with van der Waals surface area (Å²) in [6.45, 7) is 0. The van der Waals surface area contributed by atoms with E-state index in [-0.39, 0.29) is 0 Å². The van der Waals surface area contributed by atoms with Crippen molar-refractivity contribution in [1.29, 1.82) is 0 Å². The van der Waals surface area contributed by atoms with Gasteiger partial charge < -0.3 is 5.73 Å². The van der Waals surface area contributed by atoms with E-state index in [1.807, 2.05) is 24.3 Å². The minimum Gasteiger partial charge on any atom is -0.382 e. The quantitative estimate of drug-likeness (QED) is 0.920. The molecular weight excluding hydrogens is 274 g/mol. The summed E-state index contributed by atoms with van der Waals surface area (Å²) in [6.07, 6.45) is 3.23. The molecule has 2 N–H and O–H groups in total. The maximum Gasteiger partial charge on any atom is 0.143 e. The fraction of sp³-hybridized carbons (Fsp3) is 0. The molecule has 0 bridgehead atoms. The van der Waals surface area contributed by atoms with Crippen LogP contribution in [0.15, 0.2) is 51.1 Å². The number of rotatable bonds is 2. The molecule has 2 aromatic rings. The maximum absolute atomic E-state index is 5.55. The third kappa shape index (κ3) is 2.70. The van der Waals surface area contributed by atoms with Gasteiger partial charge in [0.15, 0.2) is 0 Å². The number of anilines is 1. The fourth-order valence-electron chi connectivity index (χ4n) is 1.05. The summed E-state index contributed by atoms with van der Waals surface area (Å²) in [5.41, 5.74) is 5.55. The average Bonchev–Trinajstić information content (AvgIpc) is 2.22. The summed E-state index contributed by atoms with van der Waals surface area (Å²) >= 11 is 5.00. The van der Waals surface area contributed by atoms with Crippen LogP contribution in [0, 0.1) is 0 Å². The molecule has 0 aliphatic carbocycles. The number of nitrogen functional groups attached to an aromatic ring is 1. The first-order chi connectivity index (χ1) is 7.25. The first-order valence-corrected chi connectivity index (χ1v) is 5.86. The summed E-state index contributed by atoms with van der Waals surface area (Å²) in [5, 5.41) is 0.793. The van der Waals surface area contributed by atoms with Gasteiger partial charge in [0.05, 0.1) is 12.4 Å². The van der Waals surface area contributed by atoms with Crippen LogP contribution in [0.5, 0.6) is 0 Å². The van der Waals surface area contributed by atoms with Crippen LogP contribution in [0.25, 0.3) is 0 Å². The van der Waals surface area contributed by atoms with Crippen molar-refractivity contribution in [2.24, 2.45) is 0 Å². The lowest BCUT2D eigenvalue weighted by molar-refractivity contribution is 1.07. The Morgan fingerprint density at radius 1 is 1.20 bits per heavy atom. The van der Waals surface area contributed by atoms with Crippen molar-refractivity contribution in [2.75, 3.05) is 5.73 Å². The molecule has 15 heavy (non-hydrogen) atoms. The minimum absolute atomic E-state index is 0.437. The van der Waals surface area contributed by atoms with Crippen molar-refractivity contribution in [2.45, 2.75) is 9.92 Å². The smallest absolute Gasteiger partial charge is 0.143 e. The van der Waals surface area contributed by atoms with Crippen LogP contribution in [-0.2, 0) is 0 Å². The lowest BCUT2D eigenvalue weighted by Gasteiger charge is -2.02. The number of aromatic nitrogens is 2. The molecule has 0 spiro atoms. The van der Waals surface area contributed by atoms with Crippen LogP contribution in [0.3, 0.4) is 0 Å². The van der Waals surface area contributed by atoms with Crippen molar-refractivity contribution in [3.8, 4) is 0 Å². The molecule has 0 radical (unpaired) electrons. The minimum atomic E-state index is 0.437. The van der Waals surface area contributed by atoms with E-state index in [1.165, 1.54) is 18.0 Å². The molecule has 1 aromatic heterocycles. The second kappa shape index (κ2) is 4.63. The zero-order valence-corrected chi connectivity index (χ0v) is 10.1. The Labute approximate surface area is 100 Å². The van der Waals surface area contributed by atoms with Gasteiger partial charge in [0.1, 0.15) is 10.8 Å². The molecule has 0 saturated heterocycles. The zero-order valence-electron chi connectivity index (χ0n) is 7.72. The lowest BCUT2D eigenvalue weighted by Crippen LogP contribution is -1.92. The Kier molecular flexibility index (Phi) is 3.23. The summed E-state index contributed by atoms with van der Waals surface area (Å²) in [5.74, 6) is 0.437. The lowest BCUT2D eigenvalue weighted by atomic mass is 10.4. The van der Waals surface area contributed by atoms with Crippen LogP contribution in [0.4, 0.5) is 5.82 Å². The molecular formula is C10H8BrN3S. The van der Waals surface area contributed by atoms with Crippen molar-refractivity contribution < 1.29 is 0 Å². The topological polar surface area (TPSA) is 51.8 Å². The number of halogens is 1. The predicted molar refractivity (Wildman–Crippen MR) is 64.7 cm³/mol. The highest BCUT2D eigenvalue weighted by atomic mass is 79.9. The van der Waals surface area contributed by atoms with E-state index in [0.717, 1.165) is 14.4 Å². The number of benzene rings is 1. The Bertz CT molecular complexity index is 476. The molecule has 0 atom stereocenters. The van der Waals surface area contributed by atoms with Crippen molar-refractivity contribution >= 4 is 33.5 Å². The first kappa shape index (κ1) is 10.4. The van der Waals surface area contributed by atoms with E-state index < -0.39 is 0 Å². The summed E-state index contributed by atoms with van der Waals surface area (Å²) in [4.78, 5) is 9.25. The molecule has 0 fully saturated rings. The number of nitrogens with zero attached hydrogens (tertiary/aromatic N) is 2. The fourth-order valence-corrected chi connectivity index (χ4v) is 2.38. The van der Waals surface area contributed by atoms with Crippen LogP contribution >= 0.6 is 27.7 Å². The van der Waals surface area contributed by atoms with Gasteiger partial charge in [0.2, 0.25) is 0 Å². The number of hydrogen-bond donors (Lipinski definition) is 1. The van der Waals surface area contributed by atoms with E-state index >= 15 is 0 Å². The molecule has 76 valence electrons. The first-order valence-electron chi connectivity index (χ1n) is 4.25. The van der Waals surface area contributed by atoms with Crippen LogP contribution < -0.4 is 5.73 Å². The van der Waals surface area contributed by atoms with Gasteiger partial charge >= 0.3 is 0 Å². The van der Waals surface area contributed by atoms with E-state index in [0.29, 0.717) is 5.82 Å². The van der Waals surface area contributed by atoms with E-state index in [4.69, 9.17) is 5.73 Å². The van der Waals surface area contributed by atoms with Crippen molar-refractivity contribution in [3.63, 3.8) is 0 Å². The van der Waals surface area contributed by atoms with Gasteiger partial charge in [0, 0.05) is 9.37 Å². The average molecular weight is 282 g/mol. The largest absolute Gasteiger partial charge is 0.382 e. The highest BCUT2D eigenvalue weighted by molar-refractivity contribution is 9.10. The van der Waals surface area contributed by atoms with E-state index in [2.05, 4.69) is 25.9 Å². The summed E-state index contributed by atoms with van der Waals surface area (Å²) < 4.78 is 1.04. The Morgan fingerprint density at radius 3 is 2.73 bits per heavy atom. The van der Waals surface area contributed by atoms with Gasteiger partial charge in [-0.15, -0.1) is 0 Å². The van der Waals surface area contributed by atoms with Gasteiger partial charge in [-0.05, 0) is 28.1 Å². The molecule has 0 aliphatic heterocycles. The van der Waals surface area contributed by atoms with Crippen LogP contribution in [-0.4, -0.2) is 9.97 Å². The normalized spacial score (nSPS) is 10.2. The Balaban J connectivity index is 2.26. The highest BCUT2D eigenvalue weighted by Crippen LogP contribution is 2.31. The third-order valence-corrected chi connectivity index (χ3v) is 3.62. The number of hydrogen-bond acceptors (Lipinski definition) is 4. The van der Waals surface area contributed by atoms with E-state index in [9.17, 15) is 0 Å². The molecule has 2 rings (SSSR count). The third-order valence-electron chi connectivity index (χ3n) is 1.68. The van der Waals surface area contributed by atoms with Gasteiger partial charge in [0.25, 0.3) is 0 Å². The Morgan fingerprint density at radius 2 is 2.00 bits per heavy atom. The molecule has 0 amide bonds. The summed E-state index contributed by atoms with van der Waals surface area (Å²) in [7, 11) is 0. The van der Waals surface area contributed by atoms with E-state index in [1.54, 1.807) is 6.20 Å². The van der Waals surface area contributed by atoms with Gasteiger partial charge in [-0.1, -0.05) is 23.9 Å². The summed E-state index contributed by atoms with van der Waals surface area (Å²) in [6, 6.07) is 7.95. The van der Waals surface area contributed by atoms with Gasteiger partial charge in [-0.2, -0.15) is 0 Å². The van der Waals surface area contributed by atoms with Gasteiger partial charge in [-0.25, -0.2) is 4.98 Å². The maximum atomic E-state index is 5.55. The Hall–Kier alpha value is -1.07. The van der Waals surface area contributed by atoms with Gasteiger partial charge in [-0.3, -0.25) is 4.98 Å². The molecule has 5 heteroatoms. The molecule has 1 heterocycles. The van der Waals surface area contributed by atoms with Crippen LogP contribution in [0.2, 0.25) is 0 Å². The van der Waals surface area contributed by atoms with Crippen molar-refractivity contribution in [3.05, 3.63) is 41.1 Å². The zero-order chi connectivity index (χ0) is 10.7. The number of nitrogens with two attached hydrogens (primary N) is 1. The monoisotopic (exact) mass is 281 g/mol. The molecule has 3 nitrogen and oxygen atoms in total. The standard InChI is InChI=1S/C10H8BrN3S/c11-7-3-1-2-4-8(7)15-10-6-13-5-9(12)14-10/h1-6H,(H2,12,14). The second-order valence-electron chi connectivity index (χ2n) is 2.81. The SMILES string of the molecule is Nc1cncc(Sc2ccccc2Br)n1. The molecule has 0 unspecified atom stereocenters. The molecule has 1 aromatic carbocycles. The highest BCUT2D eigenvalue weighted by Gasteiger charge is 2.02.